The van der Waals surface area contributed by atoms with Gasteiger partial charge < -0.3 is 9.64 Å². The molecule has 26 heavy (non-hydrogen) atoms. The van der Waals surface area contributed by atoms with Gasteiger partial charge in [-0.15, -0.1) is 23.2 Å². The fraction of sp³-hybridized carbons (Fsp3) is 0.412. The van der Waals surface area contributed by atoms with Crippen molar-refractivity contribution in [3.63, 3.8) is 0 Å². The van der Waals surface area contributed by atoms with Gasteiger partial charge in [-0.3, -0.25) is 9.59 Å². The number of amides is 1. The summed E-state index contributed by atoms with van der Waals surface area (Å²) in [5.74, 6) is -1.40. The van der Waals surface area contributed by atoms with Crippen molar-refractivity contribution in [2.45, 2.75) is 23.7 Å². The lowest BCUT2D eigenvalue weighted by Crippen LogP contribution is -2.43. The predicted octanol–water partition coefficient (Wildman–Crippen LogP) is 2.46. The highest BCUT2D eigenvalue weighted by molar-refractivity contribution is 7.94. The summed E-state index contributed by atoms with van der Waals surface area (Å²) in [6.07, 6.45) is 1.70. The van der Waals surface area contributed by atoms with Gasteiger partial charge in [-0.2, -0.15) is 0 Å². The minimum Gasteiger partial charge on any atom is -0.455 e. The van der Waals surface area contributed by atoms with Crippen LogP contribution in [0, 0.1) is 5.41 Å². The van der Waals surface area contributed by atoms with Gasteiger partial charge in [0.05, 0.1) is 11.8 Å². The summed E-state index contributed by atoms with van der Waals surface area (Å²) in [6, 6.07) is 7.95. The number of sulfone groups is 1. The van der Waals surface area contributed by atoms with Gasteiger partial charge in [0.2, 0.25) is 0 Å². The molecule has 2 atom stereocenters. The number of alkyl halides is 2. The largest absolute Gasteiger partial charge is 0.455 e. The molecule has 1 aromatic rings. The number of carbonyl (C=O) groups excluding carboxylic acids is 2. The molecule has 1 aliphatic heterocycles. The number of halogens is 2. The second-order valence-electron chi connectivity index (χ2n) is 6.61. The van der Waals surface area contributed by atoms with E-state index in [9.17, 15) is 18.0 Å². The van der Waals surface area contributed by atoms with Gasteiger partial charge >= 0.3 is 5.97 Å². The van der Waals surface area contributed by atoms with E-state index in [4.69, 9.17) is 27.9 Å². The van der Waals surface area contributed by atoms with Crippen LogP contribution in [-0.4, -0.2) is 43.0 Å². The lowest BCUT2D eigenvalue weighted by molar-refractivity contribution is -0.153. The summed E-state index contributed by atoms with van der Waals surface area (Å²) in [5, 5.41) is 1.09. The summed E-state index contributed by atoms with van der Waals surface area (Å²) in [5.41, 5.74) is -0.521. The molecular formula is C17H17Cl2NO5S. The Morgan fingerprint density at radius 3 is 2.38 bits per heavy atom. The molecule has 0 radical (unpaired) electrons. The fourth-order valence-electron chi connectivity index (χ4n) is 2.81. The highest BCUT2D eigenvalue weighted by Gasteiger charge is 2.69. The molecule has 140 valence electrons. The number of esters is 1. The van der Waals surface area contributed by atoms with E-state index in [0.717, 1.165) is 5.41 Å². The molecule has 1 aliphatic carbocycles. The van der Waals surface area contributed by atoms with Crippen LogP contribution in [0.4, 0.5) is 5.69 Å². The smallest absolute Gasteiger partial charge is 0.315 e. The number of carbonyl (C=O) groups is 2. The van der Waals surface area contributed by atoms with Crippen molar-refractivity contribution in [3.8, 4) is 0 Å². The van der Waals surface area contributed by atoms with Crippen molar-refractivity contribution in [3.05, 3.63) is 41.8 Å². The molecule has 3 rings (SSSR count). The van der Waals surface area contributed by atoms with Crippen molar-refractivity contribution in [1.29, 1.82) is 0 Å². The first-order valence-corrected chi connectivity index (χ1v) is 10.4. The van der Waals surface area contributed by atoms with Crippen LogP contribution >= 0.6 is 23.2 Å². The molecule has 1 saturated carbocycles. The van der Waals surface area contributed by atoms with Crippen molar-refractivity contribution in [2.24, 2.45) is 5.41 Å². The molecule has 0 bridgehead atoms. The number of rotatable bonds is 5. The summed E-state index contributed by atoms with van der Waals surface area (Å²) >= 11 is 11.9. The third-order valence-electron chi connectivity index (χ3n) is 4.58. The molecule has 0 aromatic heterocycles. The number of anilines is 1. The third-order valence-corrected chi connectivity index (χ3v) is 7.06. The van der Waals surface area contributed by atoms with E-state index in [2.05, 4.69) is 0 Å². The Morgan fingerprint density at radius 2 is 1.88 bits per heavy atom. The number of benzene rings is 1. The highest BCUT2D eigenvalue weighted by atomic mass is 35.5. The zero-order valence-electron chi connectivity index (χ0n) is 13.9. The van der Waals surface area contributed by atoms with Gasteiger partial charge in [-0.1, -0.05) is 18.2 Å². The van der Waals surface area contributed by atoms with Crippen molar-refractivity contribution in [1.82, 2.24) is 0 Å². The summed E-state index contributed by atoms with van der Waals surface area (Å²) in [7, 11) is -3.36. The van der Waals surface area contributed by atoms with Crippen molar-refractivity contribution < 1.29 is 22.7 Å². The van der Waals surface area contributed by atoms with Crippen LogP contribution in [0.1, 0.15) is 13.3 Å². The Balaban J connectivity index is 1.74. The summed E-state index contributed by atoms with van der Waals surface area (Å²) < 4.78 is 27.4. The SMILES string of the molecule is C[C@]1(C(=O)OCC(=O)N(c2ccccc2)[C@@H]2C=CS(=O)(=O)C2)CC1(Cl)Cl. The number of para-hydroxylation sites is 1. The number of ether oxygens (including phenoxy) is 1. The number of hydrogen-bond acceptors (Lipinski definition) is 5. The third kappa shape index (κ3) is 3.61. The Labute approximate surface area is 161 Å². The molecule has 9 heteroatoms. The van der Waals surface area contributed by atoms with Crippen molar-refractivity contribution in [2.75, 3.05) is 17.3 Å². The maximum Gasteiger partial charge on any atom is 0.315 e. The van der Waals surface area contributed by atoms with Gasteiger partial charge in [0.25, 0.3) is 5.91 Å². The van der Waals surface area contributed by atoms with E-state index >= 15 is 0 Å². The molecule has 0 saturated heterocycles. The average Bonchev–Trinajstić information content (AvgIpc) is 2.90. The first kappa shape index (κ1) is 19.2. The molecule has 2 aliphatic rings. The standard InChI is InChI=1S/C17H17Cl2NO5S/c1-16(11-17(16,18)19)15(22)25-9-14(21)20(12-5-3-2-4-6-12)13-7-8-26(23,24)10-13/h2-8,13H,9-11H2,1H3/t13-,16-/m1/s1. The van der Waals surface area contributed by atoms with Gasteiger partial charge in [0, 0.05) is 17.5 Å². The Bertz CT molecular complexity index is 868. The van der Waals surface area contributed by atoms with Crippen LogP contribution in [0.5, 0.6) is 0 Å². The molecule has 0 spiro atoms. The molecular weight excluding hydrogens is 401 g/mol. The minimum absolute atomic E-state index is 0.217. The maximum absolute atomic E-state index is 12.7. The number of nitrogens with zero attached hydrogens (tertiary/aromatic N) is 1. The van der Waals surface area contributed by atoms with E-state index < -0.39 is 44.1 Å². The monoisotopic (exact) mass is 417 g/mol. The van der Waals surface area contributed by atoms with Crippen LogP contribution in [0.15, 0.2) is 41.8 Å². The topological polar surface area (TPSA) is 80.8 Å². The zero-order chi connectivity index (χ0) is 19.2. The Hall–Kier alpha value is -1.57. The number of hydrogen-bond donors (Lipinski definition) is 0. The second-order valence-corrected chi connectivity index (χ2v) is 10.0. The molecule has 1 amide bonds. The maximum atomic E-state index is 12.7. The summed E-state index contributed by atoms with van der Waals surface area (Å²) in [6.45, 7) is 1.04. The van der Waals surface area contributed by atoms with E-state index in [-0.39, 0.29) is 12.2 Å². The zero-order valence-corrected chi connectivity index (χ0v) is 16.2. The van der Waals surface area contributed by atoms with Crippen LogP contribution in [0.25, 0.3) is 0 Å². The van der Waals surface area contributed by atoms with E-state index in [1.54, 1.807) is 37.3 Å². The molecule has 0 unspecified atom stereocenters. The van der Waals surface area contributed by atoms with E-state index in [1.807, 2.05) is 0 Å². The Kier molecular flexibility index (Phi) is 4.83. The predicted molar refractivity (Wildman–Crippen MR) is 98.8 cm³/mol. The fourth-order valence-corrected chi connectivity index (χ4v) is 4.76. The van der Waals surface area contributed by atoms with E-state index in [0.29, 0.717) is 5.69 Å². The van der Waals surface area contributed by atoms with Gasteiger partial charge in [-0.05, 0) is 25.1 Å². The quantitative estimate of drug-likeness (QED) is 0.542. The average molecular weight is 418 g/mol. The molecule has 1 aromatic carbocycles. The van der Waals surface area contributed by atoms with Gasteiger partial charge in [0.1, 0.15) is 9.75 Å². The molecule has 0 N–H and O–H groups in total. The normalized spacial score (nSPS) is 27.7. The van der Waals surface area contributed by atoms with Crippen LogP contribution in [-0.2, 0) is 24.2 Å². The van der Waals surface area contributed by atoms with Gasteiger partial charge in [-0.25, -0.2) is 8.42 Å². The van der Waals surface area contributed by atoms with Gasteiger partial charge in [0.15, 0.2) is 16.4 Å². The first-order chi connectivity index (χ1) is 12.1. The molecule has 6 nitrogen and oxygen atoms in total. The van der Waals surface area contributed by atoms with Crippen molar-refractivity contribution >= 4 is 50.6 Å². The molecule has 1 fully saturated rings. The lowest BCUT2D eigenvalue weighted by atomic mass is 10.1. The highest BCUT2D eigenvalue weighted by Crippen LogP contribution is 2.64. The first-order valence-electron chi connectivity index (χ1n) is 7.89. The summed E-state index contributed by atoms with van der Waals surface area (Å²) in [4.78, 5) is 26.2. The lowest BCUT2D eigenvalue weighted by Gasteiger charge is -2.27. The van der Waals surface area contributed by atoms with Crippen LogP contribution in [0.3, 0.4) is 0 Å². The molecule has 1 heterocycles. The van der Waals surface area contributed by atoms with E-state index in [1.165, 1.54) is 11.0 Å². The Morgan fingerprint density at radius 1 is 1.27 bits per heavy atom. The minimum atomic E-state index is -3.36. The van der Waals surface area contributed by atoms with Crippen LogP contribution in [0.2, 0.25) is 0 Å². The second kappa shape index (κ2) is 6.55. The van der Waals surface area contributed by atoms with Crippen LogP contribution < -0.4 is 4.90 Å².